The summed E-state index contributed by atoms with van der Waals surface area (Å²) in [7, 11) is 1.85. The first-order valence-corrected chi connectivity index (χ1v) is 5.69. The van der Waals surface area contributed by atoms with Crippen molar-refractivity contribution in [2.45, 2.75) is 6.42 Å². The Morgan fingerprint density at radius 1 is 1.67 bits per heavy atom. The summed E-state index contributed by atoms with van der Waals surface area (Å²) < 4.78 is 0. The van der Waals surface area contributed by atoms with Crippen LogP contribution in [0.1, 0.15) is 6.42 Å². The van der Waals surface area contributed by atoms with Gasteiger partial charge in [0.2, 0.25) is 5.82 Å². The van der Waals surface area contributed by atoms with E-state index in [1.54, 1.807) is 12.3 Å². The molecule has 0 amide bonds. The SMILES string of the molecule is CN(CC1CCNC1)c1ncccc1[N+](=O)[O-].Cl. The first-order chi connectivity index (χ1) is 8.18. The number of halogens is 1. The molecule has 1 unspecified atom stereocenters. The van der Waals surface area contributed by atoms with Gasteiger partial charge in [-0.05, 0) is 31.5 Å². The molecule has 0 radical (unpaired) electrons. The minimum Gasteiger partial charge on any atom is -0.354 e. The fourth-order valence-corrected chi connectivity index (χ4v) is 2.17. The van der Waals surface area contributed by atoms with Gasteiger partial charge in [-0.25, -0.2) is 4.98 Å². The average molecular weight is 273 g/mol. The maximum absolute atomic E-state index is 10.9. The van der Waals surface area contributed by atoms with Crippen molar-refractivity contribution in [2.24, 2.45) is 5.92 Å². The number of aromatic nitrogens is 1. The Kier molecular flexibility index (Phi) is 5.30. The number of nitrogens with zero attached hydrogens (tertiary/aromatic N) is 3. The summed E-state index contributed by atoms with van der Waals surface area (Å²) >= 11 is 0. The van der Waals surface area contributed by atoms with E-state index in [9.17, 15) is 10.1 Å². The highest BCUT2D eigenvalue weighted by Crippen LogP contribution is 2.25. The lowest BCUT2D eigenvalue weighted by atomic mass is 10.1. The van der Waals surface area contributed by atoms with Gasteiger partial charge < -0.3 is 10.2 Å². The molecule has 2 heterocycles. The molecule has 1 aromatic heterocycles. The van der Waals surface area contributed by atoms with Crippen molar-refractivity contribution in [1.82, 2.24) is 10.3 Å². The van der Waals surface area contributed by atoms with E-state index >= 15 is 0 Å². The van der Waals surface area contributed by atoms with Gasteiger partial charge in [0, 0.05) is 25.9 Å². The Balaban J connectivity index is 0.00000162. The second-order valence-corrected chi connectivity index (χ2v) is 4.34. The highest BCUT2D eigenvalue weighted by Gasteiger charge is 2.22. The maximum atomic E-state index is 10.9. The molecule has 1 aliphatic heterocycles. The number of pyridine rings is 1. The van der Waals surface area contributed by atoms with E-state index in [-0.39, 0.29) is 23.0 Å². The van der Waals surface area contributed by atoms with E-state index in [0.29, 0.717) is 11.7 Å². The van der Waals surface area contributed by atoms with Gasteiger partial charge in [0.1, 0.15) is 0 Å². The number of nitro groups is 1. The van der Waals surface area contributed by atoms with Gasteiger partial charge in [0.05, 0.1) is 4.92 Å². The molecule has 1 atom stereocenters. The highest BCUT2D eigenvalue weighted by molar-refractivity contribution is 5.85. The Morgan fingerprint density at radius 3 is 3.06 bits per heavy atom. The number of rotatable bonds is 4. The molecule has 0 saturated carbocycles. The van der Waals surface area contributed by atoms with Crippen molar-refractivity contribution in [3.05, 3.63) is 28.4 Å². The third kappa shape index (κ3) is 3.30. The van der Waals surface area contributed by atoms with Gasteiger partial charge in [-0.2, -0.15) is 0 Å². The molecule has 18 heavy (non-hydrogen) atoms. The minimum atomic E-state index is -0.383. The predicted molar refractivity (Wildman–Crippen MR) is 72.4 cm³/mol. The monoisotopic (exact) mass is 272 g/mol. The molecule has 1 N–H and O–H groups in total. The minimum absolute atomic E-state index is 0. The normalized spacial score (nSPS) is 18.2. The predicted octanol–water partition coefficient (Wildman–Crippen LogP) is 1.46. The zero-order chi connectivity index (χ0) is 12.3. The van der Waals surface area contributed by atoms with Gasteiger partial charge in [0.15, 0.2) is 0 Å². The lowest BCUT2D eigenvalue weighted by Crippen LogP contribution is -2.28. The van der Waals surface area contributed by atoms with Crippen LogP contribution in [0.5, 0.6) is 0 Å². The van der Waals surface area contributed by atoms with Gasteiger partial charge in [-0.15, -0.1) is 12.4 Å². The number of hydrogen-bond acceptors (Lipinski definition) is 5. The zero-order valence-electron chi connectivity index (χ0n) is 10.2. The molecule has 0 aromatic carbocycles. The first kappa shape index (κ1) is 14.7. The van der Waals surface area contributed by atoms with Crippen molar-refractivity contribution in [2.75, 3.05) is 31.6 Å². The Bertz CT molecular complexity index is 410. The van der Waals surface area contributed by atoms with Crippen molar-refractivity contribution in [1.29, 1.82) is 0 Å². The van der Waals surface area contributed by atoms with Gasteiger partial charge in [-0.1, -0.05) is 0 Å². The Hall–Kier alpha value is -1.40. The third-order valence-electron chi connectivity index (χ3n) is 3.02. The number of hydrogen-bond donors (Lipinski definition) is 1. The summed E-state index contributed by atoms with van der Waals surface area (Å²) in [4.78, 5) is 16.5. The van der Waals surface area contributed by atoms with Crippen molar-refractivity contribution >= 4 is 23.9 Å². The summed E-state index contributed by atoms with van der Waals surface area (Å²) in [6.07, 6.45) is 2.71. The summed E-state index contributed by atoms with van der Waals surface area (Å²) in [5, 5.41) is 14.2. The Labute approximate surface area is 112 Å². The molecule has 100 valence electrons. The van der Waals surface area contributed by atoms with Crippen LogP contribution in [-0.4, -0.2) is 36.6 Å². The van der Waals surface area contributed by atoms with Crippen molar-refractivity contribution in [3.63, 3.8) is 0 Å². The molecule has 6 nitrogen and oxygen atoms in total. The van der Waals surface area contributed by atoms with Crippen LogP contribution < -0.4 is 10.2 Å². The fraction of sp³-hybridized carbons (Fsp3) is 0.545. The molecule has 0 spiro atoms. The van der Waals surface area contributed by atoms with E-state index in [2.05, 4.69) is 10.3 Å². The van der Waals surface area contributed by atoms with Crippen molar-refractivity contribution in [3.8, 4) is 0 Å². The van der Waals surface area contributed by atoms with E-state index < -0.39 is 0 Å². The largest absolute Gasteiger partial charge is 0.354 e. The summed E-state index contributed by atoms with van der Waals surface area (Å²) in [6.45, 7) is 2.80. The second-order valence-electron chi connectivity index (χ2n) is 4.34. The summed E-state index contributed by atoms with van der Waals surface area (Å²) in [5.74, 6) is 0.992. The molecular formula is C11H17ClN4O2. The van der Waals surface area contributed by atoms with E-state index in [0.717, 1.165) is 26.1 Å². The summed E-state index contributed by atoms with van der Waals surface area (Å²) in [6, 6.07) is 3.08. The molecule has 1 saturated heterocycles. The standard InChI is InChI=1S/C11H16N4O2.ClH/c1-14(8-9-4-6-12-7-9)11-10(15(16)17)3-2-5-13-11;/h2-3,5,9,12H,4,6-8H2,1H3;1H. The Morgan fingerprint density at radius 2 is 2.44 bits per heavy atom. The average Bonchev–Trinajstić information content (AvgIpc) is 2.81. The van der Waals surface area contributed by atoms with Crippen LogP contribution in [0.2, 0.25) is 0 Å². The van der Waals surface area contributed by atoms with Crippen LogP contribution in [-0.2, 0) is 0 Å². The number of nitrogens with one attached hydrogen (secondary N) is 1. The van der Waals surface area contributed by atoms with Crippen molar-refractivity contribution < 1.29 is 4.92 Å². The molecular weight excluding hydrogens is 256 g/mol. The lowest BCUT2D eigenvalue weighted by molar-refractivity contribution is -0.384. The van der Waals surface area contributed by atoms with E-state index in [4.69, 9.17) is 0 Å². The van der Waals surface area contributed by atoms with Gasteiger partial charge in [-0.3, -0.25) is 10.1 Å². The van der Waals surface area contributed by atoms with Gasteiger partial charge >= 0.3 is 5.69 Å². The van der Waals surface area contributed by atoms with Gasteiger partial charge in [0.25, 0.3) is 0 Å². The molecule has 2 rings (SSSR count). The maximum Gasteiger partial charge on any atom is 0.311 e. The van der Waals surface area contributed by atoms with E-state index in [1.807, 2.05) is 11.9 Å². The quantitative estimate of drug-likeness (QED) is 0.664. The lowest BCUT2D eigenvalue weighted by Gasteiger charge is -2.21. The molecule has 1 fully saturated rings. The summed E-state index contributed by atoms with van der Waals surface area (Å²) in [5.41, 5.74) is 0.0703. The van der Waals surface area contributed by atoms with Crippen LogP contribution in [0.3, 0.4) is 0 Å². The fourth-order valence-electron chi connectivity index (χ4n) is 2.17. The molecule has 0 aliphatic carbocycles. The van der Waals surface area contributed by atoms with Crippen LogP contribution in [0.25, 0.3) is 0 Å². The second kappa shape index (κ2) is 6.51. The van der Waals surface area contributed by atoms with Crippen LogP contribution in [0, 0.1) is 16.0 Å². The van der Waals surface area contributed by atoms with E-state index in [1.165, 1.54) is 6.07 Å². The van der Waals surface area contributed by atoms with Crippen LogP contribution >= 0.6 is 12.4 Å². The van der Waals surface area contributed by atoms with Crippen LogP contribution in [0.4, 0.5) is 11.5 Å². The first-order valence-electron chi connectivity index (χ1n) is 5.69. The molecule has 1 aliphatic rings. The smallest absolute Gasteiger partial charge is 0.311 e. The van der Waals surface area contributed by atoms with Crippen LogP contribution in [0.15, 0.2) is 18.3 Å². The third-order valence-corrected chi connectivity index (χ3v) is 3.02. The zero-order valence-corrected chi connectivity index (χ0v) is 11.0. The molecule has 1 aromatic rings. The highest BCUT2D eigenvalue weighted by atomic mass is 35.5. The topological polar surface area (TPSA) is 71.3 Å². The molecule has 0 bridgehead atoms. The molecule has 7 heteroatoms. The number of anilines is 1.